The first kappa shape index (κ1) is 20.8. The number of aromatic nitrogens is 2. The van der Waals surface area contributed by atoms with E-state index >= 15 is 0 Å². The Bertz CT molecular complexity index is 1060. The van der Waals surface area contributed by atoms with E-state index in [9.17, 15) is 9.59 Å². The molecule has 4 rings (SSSR count). The largest absolute Gasteiger partial charge is 0.350 e. The molecule has 1 atom stereocenters. The molecule has 1 aromatic heterocycles. The van der Waals surface area contributed by atoms with Gasteiger partial charge in [0, 0.05) is 30.8 Å². The molecule has 1 fully saturated rings. The van der Waals surface area contributed by atoms with Crippen LogP contribution in [0, 0.1) is 13.8 Å². The van der Waals surface area contributed by atoms with Crippen LogP contribution in [0.4, 0.5) is 0 Å². The summed E-state index contributed by atoms with van der Waals surface area (Å²) in [5.74, 6) is -0.118. The summed E-state index contributed by atoms with van der Waals surface area (Å²) in [4.78, 5) is 27.6. The van der Waals surface area contributed by atoms with Crippen LogP contribution in [-0.4, -0.2) is 33.0 Å². The molecule has 1 unspecified atom stereocenters. The van der Waals surface area contributed by atoms with Crippen LogP contribution in [0.25, 0.3) is 5.69 Å². The highest BCUT2D eigenvalue weighted by Crippen LogP contribution is 2.26. The number of nitrogens with one attached hydrogen (secondary N) is 1. The number of rotatable bonds is 6. The summed E-state index contributed by atoms with van der Waals surface area (Å²) in [6.07, 6.45) is 2.30. The zero-order chi connectivity index (χ0) is 21.8. The molecule has 0 spiro atoms. The summed E-state index contributed by atoms with van der Waals surface area (Å²) < 4.78 is 1.90. The Labute approximate surface area is 182 Å². The second-order valence-electron chi connectivity index (χ2n) is 7.97. The maximum atomic E-state index is 13.3. The van der Waals surface area contributed by atoms with Crippen LogP contribution in [0.2, 0.25) is 0 Å². The minimum Gasteiger partial charge on any atom is -0.350 e. The molecule has 6 heteroatoms. The molecule has 0 saturated carbocycles. The van der Waals surface area contributed by atoms with Gasteiger partial charge in [0.25, 0.3) is 0 Å². The molecular weight excluding hydrogens is 388 g/mol. The molecule has 1 N–H and O–H groups in total. The lowest BCUT2D eigenvalue weighted by Gasteiger charge is -2.34. The Morgan fingerprint density at radius 2 is 1.71 bits per heavy atom. The number of likely N-dealkylation sites (tertiary alicyclic amines) is 1. The molecule has 160 valence electrons. The number of carbonyl (C=O) groups is 2. The van der Waals surface area contributed by atoms with Crippen molar-refractivity contribution in [3.63, 3.8) is 0 Å². The highest BCUT2D eigenvalue weighted by molar-refractivity contribution is 5.89. The van der Waals surface area contributed by atoms with E-state index in [-0.39, 0.29) is 11.8 Å². The topological polar surface area (TPSA) is 67.2 Å². The zero-order valence-corrected chi connectivity index (χ0v) is 18.0. The Morgan fingerprint density at radius 1 is 1.03 bits per heavy atom. The molecule has 2 aromatic carbocycles. The molecule has 6 nitrogen and oxygen atoms in total. The molecule has 0 radical (unpaired) electrons. The summed E-state index contributed by atoms with van der Waals surface area (Å²) >= 11 is 0. The van der Waals surface area contributed by atoms with Crippen molar-refractivity contribution in [2.75, 3.05) is 6.54 Å². The van der Waals surface area contributed by atoms with Gasteiger partial charge < -0.3 is 10.2 Å². The summed E-state index contributed by atoms with van der Waals surface area (Å²) in [7, 11) is 0. The van der Waals surface area contributed by atoms with Crippen molar-refractivity contribution in [3.8, 4) is 5.69 Å². The first-order valence-corrected chi connectivity index (χ1v) is 10.8. The van der Waals surface area contributed by atoms with Gasteiger partial charge in [-0.1, -0.05) is 48.5 Å². The van der Waals surface area contributed by atoms with E-state index in [1.165, 1.54) is 0 Å². The normalized spacial score (nSPS) is 15.0. The summed E-state index contributed by atoms with van der Waals surface area (Å²) in [6.45, 7) is 4.94. The number of piperidine rings is 1. The van der Waals surface area contributed by atoms with Gasteiger partial charge >= 0.3 is 0 Å². The monoisotopic (exact) mass is 416 g/mol. The third-order valence-electron chi connectivity index (χ3n) is 5.92. The lowest BCUT2D eigenvalue weighted by molar-refractivity contribution is -0.142. The van der Waals surface area contributed by atoms with Crippen molar-refractivity contribution in [2.45, 2.75) is 45.7 Å². The number of carbonyl (C=O) groups excluding carboxylic acids is 2. The van der Waals surface area contributed by atoms with Crippen molar-refractivity contribution >= 4 is 11.8 Å². The van der Waals surface area contributed by atoms with Crippen LogP contribution >= 0.6 is 0 Å². The van der Waals surface area contributed by atoms with Crippen molar-refractivity contribution < 1.29 is 9.59 Å². The van der Waals surface area contributed by atoms with Crippen LogP contribution in [-0.2, 0) is 16.1 Å². The fraction of sp³-hybridized carbons (Fsp3) is 0.320. The molecule has 0 bridgehead atoms. The van der Waals surface area contributed by atoms with E-state index in [1.807, 2.05) is 79.2 Å². The average Bonchev–Trinajstić information content (AvgIpc) is 3.08. The van der Waals surface area contributed by atoms with Crippen LogP contribution in [0.5, 0.6) is 0 Å². The van der Waals surface area contributed by atoms with Crippen LogP contribution < -0.4 is 5.32 Å². The number of amides is 2. The third kappa shape index (κ3) is 4.38. The molecular formula is C25H28N4O2. The van der Waals surface area contributed by atoms with Gasteiger partial charge in [0.05, 0.1) is 11.4 Å². The molecule has 0 aliphatic carbocycles. The average molecular weight is 417 g/mol. The standard InChI is InChI=1S/C25H28N4O2/c1-18-22(19(2)29(27-18)21-13-7-4-8-14-21)17-26-25(31)24(20-11-5-3-6-12-20)28-16-10-9-15-23(28)30/h3-8,11-14,24H,9-10,15-17H2,1-2H3,(H,26,31). The predicted octanol–water partition coefficient (Wildman–Crippen LogP) is 3.86. The number of benzene rings is 2. The highest BCUT2D eigenvalue weighted by Gasteiger charge is 2.32. The van der Waals surface area contributed by atoms with Gasteiger partial charge in [-0.05, 0) is 44.4 Å². The number of aryl methyl sites for hydroxylation is 1. The highest BCUT2D eigenvalue weighted by atomic mass is 16.2. The van der Waals surface area contributed by atoms with E-state index < -0.39 is 6.04 Å². The van der Waals surface area contributed by atoms with Gasteiger partial charge in [-0.15, -0.1) is 0 Å². The van der Waals surface area contributed by atoms with Gasteiger partial charge in [0.2, 0.25) is 11.8 Å². The zero-order valence-electron chi connectivity index (χ0n) is 18.0. The smallest absolute Gasteiger partial charge is 0.247 e. The molecule has 2 heterocycles. The van der Waals surface area contributed by atoms with Gasteiger partial charge in [0.1, 0.15) is 6.04 Å². The minimum atomic E-state index is -0.612. The second-order valence-corrected chi connectivity index (χ2v) is 7.97. The maximum absolute atomic E-state index is 13.3. The number of hydrogen-bond donors (Lipinski definition) is 1. The van der Waals surface area contributed by atoms with E-state index in [1.54, 1.807) is 4.90 Å². The van der Waals surface area contributed by atoms with E-state index in [4.69, 9.17) is 0 Å². The molecule has 3 aromatic rings. The summed E-state index contributed by atoms with van der Waals surface area (Å²) in [6, 6.07) is 18.9. The Balaban J connectivity index is 1.56. The van der Waals surface area contributed by atoms with Gasteiger partial charge in [-0.25, -0.2) is 4.68 Å². The first-order chi connectivity index (χ1) is 15.1. The van der Waals surface area contributed by atoms with Crippen molar-refractivity contribution in [2.24, 2.45) is 0 Å². The molecule has 1 saturated heterocycles. The number of para-hydroxylation sites is 1. The van der Waals surface area contributed by atoms with Gasteiger partial charge in [-0.3, -0.25) is 9.59 Å². The third-order valence-corrected chi connectivity index (χ3v) is 5.92. The van der Waals surface area contributed by atoms with Crippen molar-refractivity contribution in [3.05, 3.63) is 83.2 Å². The first-order valence-electron chi connectivity index (χ1n) is 10.8. The molecule has 31 heavy (non-hydrogen) atoms. The number of nitrogens with zero attached hydrogens (tertiary/aromatic N) is 3. The van der Waals surface area contributed by atoms with Crippen LogP contribution in [0.15, 0.2) is 60.7 Å². The lowest BCUT2D eigenvalue weighted by Crippen LogP contribution is -2.45. The van der Waals surface area contributed by atoms with E-state index in [0.29, 0.717) is 19.5 Å². The van der Waals surface area contributed by atoms with Crippen LogP contribution in [0.1, 0.15) is 47.8 Å². The Kier molecular flexibility index (Phi) is 6.16. The fourth-order valence-electron chi connectivity index (χ4n) is 4.23. The van der Waals surface area contributed by atoms with Crippen LogP contribution in [0.3, 0.4) is 0 Å². The maximum Gasteiger partial charge on any atom is 0.247 e. The fourth-order valence-corrected chi connectivity index (χ4v) is 4.23. The van der Waals surface area contributed by atoms with E-state index in [0.717, 1.165) is 41.0 Å². The van der Waals surface area contributed by atoms with Gasteiger partial charge in [0.15, 0.2) is 0 Å². The van der Waals surface area contributed by atoms with Gasteiger partial charge in [-0.2, -0.15) is 5.10 Å². The SMILES string of the molecule is Cc1nn(-c2ccccc2)c(C)c1CNC(=O)C(c1ccccc1)N1CCCCC1=O. The van der Waals surface area contributed by atoms with Crippen molar-refractivity contribution in [1.29, 1.82) is 0 Å². The predicted molar refractivity (Wildman–Crippen MR) is 120 cm³/mol. The molecule has 1 aliphatic heterocycles. The minimum absolute atomic E-state index is 0.0412. The quantitative estimate of drug-likeness (QED) is 0.664. The summed E-state index contributed by atoms with van der Waals surface area (Å²) in [5.41, 5.74) is 4.70. The Morgan fingerprint density at radius 3 is 2.39 bits per heavy atom. The second kappa shape index (κ2) is 9.16. The lowest BCUT2D eigenvalue weighted by atomic mass is 10.0. The molecule has 1 aliphatic rings. The molecule has 2 amide bonds. The Hall–Kier alpha value is -3.41. The summed E-state index contributed by atoms with van der Waals surface area (Å²) in [5, 5.41) is 7.74. The number of hydrogen-bond acceptors (Lipinski definition) is 3. The van der Waals surface area contributed by atoms with Crippen molar-refractivity contribution in [1.82, 2.24) is 20.0 Å². The van der Waals surface area contributed by atoms with E-state index in [2.05, 4.69) is 10.4 Å².